The third kappa shape index (κ3) is 8.59. The molecule has 9 heteroatoms. The molecule has 7 rings (SSSR count). The summed E-state index contributed by atoms with van der Waals surface area (Å²) in [6.45, 7) is 6.79. The third-order valence-corrected chi connectivity index (χ3v) is 11.3. The van der Waals surface area contributed by atoms with Gasteiger partial charge in [-0.15, -0.1) is 0 Å². The molecule has 2 atom stereocenters. The van der Waals surface area contributed by atoms with Gasteiger partial charge in [-0.25, -0.2) is 9.37 Å². The summed E-state index contributed by atoms with van der Waals surface area (Å²) in [4.78, 5) is 15.1. The fourth-order valence-electron chi connectivity index (χ4n) is 8.65. The van der Waals surface area contributed by atoms with Crippen molar-refractivity contribution in [1.82, 2.24) is 14.8 Å². The van der Waals surface area contributed by atoms with E-state index in [1.807, 2.05) is 18.2 Å². The molecule has 3 aliphatic rings. The van der Waals surface area contributed by atoms with Gasteiger partial charge in [-0.1, -0.05) is 55.3 Å². The van der Waals surface area contributed by atoms with Crippen LogP contribution in [0.4, 0.5) is 16.0 Å². The van der Waals surface area contributed by atoms with Crippen LogP contribution in [0.15, 0.2) is 83.3 Å². The summed E-state index contributed by atoms with van der Waals surface area (Å²) in [5.41, 5.74) is 4.57. The molecule has 0 amide bonds. The zero-order chi connectivity index (χ0) is 35.2. The highest BCUT2D eigenvalue weighted by atomic mass is 19.1. The largest absolute Gasteiger partial charge is 0.497 e. The zero-order valence-corrected chi connectivity index (χ0v) is 30.6. The molecule has 3 aromatic carbocycles. The van der Waals surface area contributed by atoms with Gasteiger partial charge in [0, 0.05) is 57.4 Å². The van der Waals surface area contributed by atoms with Gasteiger partial charge in [0.25, 0.3) is 0 Å². The Labute approximate surface area is 303 Å². The van der Waals surface area contributed by atoms with Gasteiger partial charge in [0.15, 0.2) is 0 Å². The maximum atomic E-state index is 14.3. The number of benzene rings is 3. The van der Waals surface area contributed by atoms with Gasteiger partial charge in [0.05, 0.1) is 26.4 Å². The first-order valence-electron chi connectivity index (χ1n) is 18.9. The molecule has 272 valence electrons. The first kappa shape index (κ1) is 35.5. The number of aromatic nitrogens is 1. The van der Waals surface area contributed by atoms with Gasteiger partial charge in [-0.05, 0) is 92.7 Å². The van der Waals surface area contributed by atoms with Crippen LogP contribution < -0.4 is 14.5 Å². The van der Waals surface area contributed by atoms with Gasteiger partial charge in [-0.3, -0.25) is 4.90 Å². The predicted octanol–water partition coefficient (Wildman–Crippen LogP) is 7.61. The molecular formula is C42H54FN5O3. The first-order chi connectivity index (χ1) is 24.9. The van der Waals surface area contributed by atoms with Crippen molar-refractivity contribution in [3.05, 3.63) is 107 Å². The average molecular weight is 696 g/mol. The first-order valence-corrected chi connectivity index (χ1v) is 18.9. The average Bonchev–Trinajstić information content (AvgIpc) is 3.58. The van der Waals surface area contributed by atoms with Crippen molar-refractivity contribution < 1.29 is 18.3 Å². The van der Waals surface area contributed by atoms with Gasteiger partial charge in [0.1, 0.15) is 17.3 Å². The van der Waals surface area contributed by atoms with Crippen LogP contribution in [0.3, 0.4) is 0 Å². The topological polar surface area (TPSA) is 57.5 Å². The Bertz CT molecular complexity index is 1660. The summed E-state index contributed by atoms with van der Waals surface area (Å²) < 4.78 is 32.3. The number of oxazole rings is 1. The number of anilines is 2. The van der Waals surface area contributed by atoms with Crippen molar-refractivity contribution >= 4 is 11.6 Å². The van der Waals surface area contributed by atoms with Crippen LogP contribution in [-0.4, -0.2) is 88.5 Å². The third-order valence-electron chi connectivity index (χ3n) is 11.3. The van der Waals surface area contributed by atoms with Gasteiger partial charge in [-0.2, -0.15) is 0 Å². The maximum Gasteiger partial charge on any atom is 0.220 e. The summed E-state index contributed by atoms with van der Waals surface area (Å²) in [6, 6.07) is 26.5. The number of nitrogens with zero attached hydrogens (tertiary/aromatic N) is 5. The quantitative estimate of drug-likeness (QED) is 0.150. The molecule has 1 aromatic heterocycles. The molecule has 2 unspecified atom stereocenters. The van der Waals surface area contributed by atoms with E-state index >= 15 is 0 Å². The van der Waals surface area contributed by atoms with Crippen LogP contribution in [0, 0.1) is 17.7 Å². The number of hydrogen-bond donors (Lipinski definition) is 0. The monoisotopic (exact) mass is 695 g/mol. The molecule has 3 heterocycles. The van der Waals surface area contributed by atoms with Crippen LogP contribution in [0.5, 0.6) is 5.75 Å². The van der Waals surface area contributed by atoms with Crippen LogP contribution >= 0.6 is 0 Å². The lowest BCUT2D eigenvalue weighted by molar-refractivity contribution is 0.102. The molecule has 0 radical (unpaired) electrons. The maximum absolute atomic E-state index is 14.3. The molecule has 8 nitrogen and oxygen atoms in total. The van der Waals surface area contributed by atoms with Crippen LogP contribution in [0.2, 0.25) is 0 Å². The van der Waals surface area contributed by atoms with Gasteiger partial charge in [0.2, 0.25) is 11.8 Å². The van der Waals surface area contributed by atoms with E-state index < -0.39 is 0 Å². The molecule has 1 saturated carbocycles. The summed E-state index contributed by atoms with van der Waals surface area (Å²) in [7, 11) is 5.97. The molecule has 2 saturated heterocycles. The second-order valence-electron chi connectivity index (χ2n) is 14.8. The van der Waals surface area contributed by atoms with Crippen LogP contribution in [0.1, 0.15) is 66.9 Å². The smallest absolute Gasteiger partial charge is 0.220 e. The second kappa shape index (κ2) is 16.6. The Balaban J connectivity index is 1.12. The number of ether oxygens (including phenoxy) is 2. The number of methoxy groups -OCH3 is 1. The summed E-state index contributed by atoms with van der Waals surface area (Å²) in [5, 5.41) is 0. The molecular weight excluding hydrogens is 641 g/mol. The van der Waals surface area contributed by atoms with Crippen molar-refractivity contribution in [2.45, 2.75) is 50.6 Å². The minimum Gasteiger partial charge on any atom is -0.497 e. The summed E-state index contributed by atoms with van der Waals surface area (Å²) >= 11 is 0. The number of hydrogen-bond acceptors (Lipinski definition) is 8. The lowest BCUT2D eigenvalue weighted by Crippen LogP contribution is -2.48. The molecule has 3 fully saturated rings. The highest BCUT2D eigenvalue weighted by molar-refractivity contribution is 5.49. The van der Waals surface area contributed by atoms with Crippen LogP contribution in [0.25, 0.3) is 0 Å². The van der Waals surface area contributed by atoms with E-state index in [9.17, 15) is 4.39 Å². The van der Waals surface area contributed by atoms with Crippen molar-refractivity contribution in [3.8, 4) is 5.75 Å². The Morgan fingerprint density at radius 1 is 0.843 bits per heavy atom. The molecule has 2 aliphatic heterocycles. The SMILES string of the molecule is COc1ccc(N2CCN(C(CC3CCC(C(c4cccc(F)c4)N(C)C)CC3)c3nc(Cc4ccccc4)c(N4CCOCC4)o3)CC2)cc1. The van der Waals surface area contributed by atoms with E-state index in [0.717, 1.165) is 107 Å². The van der Waals surface area contributed by atoms with Crippen molar-refractivity contribution in [1.29, 1.82) is 0 Å². The van der Waals surface area contributed by atoms with Crippen molar-refractivity contribution in [3.63, 3.8) is 0 Å². The Kier molecular flexibility index (Phi) is 11.6. The molecule has 4 aromatic rings. The zero-order valence-electron chi connectivity index (χ0n) is 30.6. The van der Waals surface area contributed by atoms with E-state index in [4.69, 9.17) is 18.9 Å². The lowest BCUT2D eigenvalue weighted by Gasteiger charge is -2.42. The minimum absolute atomic E-state index is 0.0988. The van der Waals surface area contributed by atoms with E-state index in [0.29, 0.717) is 25.0 Å². The minimum atomic E-state index is -0.156. The van der Waals surface area contributed by atoms with Crippen molar-refractivity contribution in [2.75, 3.05) is 83.5 Å². The fourth-order valence-corrected chi connectivity index (χ4v) is 8.65. The Morgan fingerprint density at radius 2 is 1.57 bits per heavy atom. The van der Waals surface area contributed by atoms with Crippen molar-refractivity contribution in [2.24, 2.45) is 11.8 Å². The fraction of sp³-hybridized carbons (Fsp3) is 0.500. The van der Waals surface area contributed by atoms with E-state index in [1.165, 1.54) is 11.3 Å². The van der Waals surface area contributed by atoms with E-state index in [1.54, 1.807) is 19.2 Å². The summed E-state index contributed by atoms with van der Waals surface area (Å²) in [5.74, 6) is 3.55. The van der Waals surface area contributed by atoms with E-state index in [2.05, 4.69) is 82.2 Å². The second-order valence-corrected chi connectivity index (χ2v) is 14.8. The number of rotatable bonds is 12. The Morgan fingerprint density at radius 3 is 2.24 bits per heavy atom. The van der Waals surface area contributed by atoms with Gasteiger partial charge >= 0.3 is 0 Å². The molecule has 0 bridgehead atoms. The van der Waals surface area contributed by atoms with Crippen LogP contribution in [-0.2, 0) is 11.2 Å². The number of morpholine rings is 1. The highest BCUT2D eigenvalue weighted by Gasteiger charge is 2.36. The lowest BCUT2D eigenvalue weighted by atomic mass is 9.74. The van der Waals surface area contributed by atoms with Gasteiger partial charge < -0.3 is 28.6 Å². The highest BCUT2D eigenvalue weighted by Crippen LogP contribution is 2.43. The molecule has 0 spiro atoms. The number of piperazine rings is 1. The molecule has 51 heavy (non-hydrogen) atoms. The Hall–Kier alpha value is -3.92. The number of halogens is 1. The predicted molar refractivity (Wildman–Crippen MR) is 201 cm³/mol. The standard InChI is InChI=1S/C42H54FN5O3/c1-45(2)40(34-10-7-11-35(43)30-34)33-14-12-32(13-15-33)29-39(47-22-20-46(21-23-47)36-16-18-37(49-3)19-17-36)41-44-38(28-31-8-5-4-6-9-31)42(51-41)48-24-26-50-27-25-48/h4-11,16-19,30,32-33,39-40H,12-15,20-29H2,1-3H3. The van der Waals surface area contributed by atoms with E-state index in [-0.39, 0.29) is 17.9 Å². The molecule has 1 aliphatic carbocycles. The normalized spacial score (nSPS) is 21.5. The summed E-state index contributed by atoms with van der Waals surface area (Å²) in [6.07, 6.45) is 6.33. The molecule has 0 N–H and O–H groups in total.